The van der Waals surface area contributed by atoms with E-state index in [4.69, 9.17) is 4.98 Å². The molecule has 8 heteroatoms. The summed E-state index contributed by atoms with van der Waals surface area (Å²) in [7, 11) is -3.29. The number of rotatable bonds is 5. The highest BCUT2D eigenvalue weighted by Gasteiger charge is 2.32. The van der Waals surface area contributed by atoms with Crippen molar-refractivity contribution in [3.05, 3.63) is 74.1 Å². The molecule has 1 saturated heterocycles. The molecular formula is C21H20Br2N2O2S2. The summed E-state index contributed by atoms with van der Waals surface area (Å²) in [6.45, 7) is 1.43. The second-order valence-corrected chi connectivity index (χ2v) is 12.0. The fourth-order valence-electron chi connectivity index (χ4n) is 3.55. The van der Waals surface area contributed by atoms with Gasteiger partial charge in [-0.1, -0.05) is 44.0 Å². The number of sulfone groups is 1. The minimum absolute atomic E-state index is 0.332. The average Bonchev–Trinajstić information content (AvgIpc) is 3.17. The number of hydrogen-bond donors (Lipinski definition) is 0. The summed E-state index contributed by atoms with van der Waals surface area (Å²) < 4.78 is 27.8. The van der Waals surface area contributed by atoms with E-state index in [1.54, 1.807) is 35.6 Å². The molecular weight excluding hydrogens is 536 g/mol. The van der Waals surface area contributed by atoms with E-state index in [9.17, 15) is 8.42 Å². The van der Waals surface area contributed by atoms with E-state index < -0.39 is 9.84 Å². The Hall–Kier alpha value is -1.22. The maximum absolute atomic E-state index is 12.9. The highest BCUT2D eigenvalue weighted by Crippen LogP contribution is 2.30. The quantitative estimate of drug-likeness (QED) is 0.405. The van der Waals surface area contributed by atoms with Crippen LogP contribution >= 0.6 is 43.2 Å². The largest absolute Gasteiger partial charge is 0.348 e. The van der Waals surface area contributed by atoms with Gasteiger partial charge in [0.05, 0.1) is 15.8 Å². The van der Waals surface area contributed by atoms with E-state index >= 15 is 0 Å². The predicted molar refractivity (Wildman–Crippen MR) is 126 cm³/mol. The van der Waals surface area contributed by atoms with Gasteiger partial charge in [0.1, 0.15) is 0 Å². The maximum atomic E-state index is 12.9. The zero-order valence-electron chi connectivity index (χ0n) is 15.6. The van der Waals surface area contributed by atoms with Crippen molar-refractivity contribution in [3.63, 3.8) is 0 Å². The second-order valence-electron chi connectivity index (χ2n) is 7.11. The zero-order chi connectivity index (χ0) is 20.4. The van der Waals surface area contributed by atoms with Gasteiger partial charge in [-0.05, 0) is 54.8 Å². The Morgan fingerprint density at radius 2 is 1.76 bits per heavy atom. The molecule has 2 heterocycles. The first-order valence-electron chi connectivity index (χ1n) is 9.35. The normalized spacial score (nSPS) is 15.6. The van der Waals surface area contributed by atoms with Crippen LogP contribution in [0.5, 0.6) is 0 Å². The molecule has 1 aromatic heterocycles. The number of aromatic nitrogens is 1. The van der Waals surface area contributed by atoms with E-state index in [0.717, 1.165) is 26.2 Å². The van der Waals surface area contributed by atoms with Crippen molar-refractivity contribution in [2.24, 2.45) is 0 Å². The van der Waals surface area contributed by atoms with Gasteiger partial charge in [-0.2, -0.15) is 0 Å². The van der Waals surface area contributed by atoms with Crippen LogP contribution < -0.4 is 4.90 Å². The van der Waals surface area contributed by atoms with Crippen LogP contribution in [-0.4, -0.2) is 31.7 Å². The molecule has 4 nitrogen and oxygen atoms in total. The van der Waals surface area contributed by atoms with E-state index in [0.29, 0.717) is 30.8 Å². The SMILES string of the molecule is O=S(=O)(c1ccc(Br)cc1)C1CCN(c2nc(Cc3cccc(Br)c3)cs2)CC1. The van der Waals surface area contributed by atoms with Crippen molar-refractivity contribution in [2.45, 2.75) is 29.4 Å². The van der Waals surface area contributed by atoms with Crippen molar-refractivity contribution in [3.8, 4) is 0 Å². The molecule has 0 aliphatic carbocycles. The molecule has 0 radical (unpaired) electrons. The Balaban J connectivity index is 1.40. The topological polar surface area (TPSA) is 50.3 Å². The predicted octanol–water partition coefficient (Wildman–Crippen LogP) is 5.70. The lowest BCUT2D eigenvalue weighted by atomic mass is 10.1. The first-order valence-corrected chi connectivity index (χ1v) is 13.4. The molecule has 0 amide bonds. The molecule has 0 unspecified atom stereocenters. The van der Waals surface area contributed by atoms with Crippen LogP contribution in [0.15, 0.2) is 67.8 Å². The average molecular weight is 556 g/mol. The Morgan fingerprint density at radius 3 is 2.45 bits per heavy atom. The van der Waals surface area contributed by atoms with Gasteiger partial charge < -0.3 is 4.90 Å². The smallest absolute Gasteiger partial charge is 0.185 e. The molecule has 0 saturated carbocycles. The second kappa shape index (κ2) is 8.88. The van der Waals surface area contributed by atoms with Gasteiger partial charge in [0.25, 0.3) is 0 Å². The number of nitrogens with zero attached hydrogens (tertiary/aromatic N) is 2. The highest BCUT2D eigenvalue weighted by atomic mass is 79.9. The van der Waals surface area contributed by atoms with Gasteiger partial charge in [0.15, 0.2) is 15.0 Å². The molecule has 0 atom stereocenters. The Morgan fingerprint density at radius 1 is 1.03 bits per heavy atom. The lowest BCUT2D eigenvalue weighted by molar-refractivity contribution is 0.529. The first kappa shape index (κ1) is 21.0. The first-order chi connectivity index (χ1) is 13.9. The molecule has 4 rings (SSSR count). The summed E-state index contributed by atoms with van der Waals surface area (Å²) in [6.07, 6.45) is 2.04. The lowest BCUT2D eigenvalue weighted by Gasteiger charge is -2.31. The van der Waals surface area contributed by atoms with Crippen molar-refractivity contribution in [2.75, 3.05) is 18.0 Å². The summed E-state index contributed by atoms with van der Waals surface area (Å²) in [5.41, 5.74) is 2.27. The fraction of sp³-hybridized carbons (Fsp3) is 0.286. The third-order valence-electron chi connectivity index (χ3n) is 5.11. The number of benzene rings is 2. The van der Waals surface area contributed by atoms with Gasteiger partial charge in [0.2, 0.25) is 0 Å². The molecule has 0 bridgehead atoms. The molecule has 0 N–H and O–H groups in total. The van der Waals surface area contributed by atoms with Crippen LogP contribution in [0.25, 0.3) is 0 Å². The number of halogens is 2. The number of piperidine rings is 1. The Kier molecular flexibility index (Phi) is 6.44. The molecule has 1 fully saturated rings. The minimum atomic E-state index is -3.29. The van der Waals surface area contributed by atoms with Gasteiger partial charge in [0, 0.05) is 33.8 Å². The summed E-state index contributed by atoms with van der Waals surface area (Å²) in [6, 6.07) is 15.2. The molecule has 3 aromatic rings. The van der Waals surface area contributed by atoms with Crippen LogP contribution in [0.3, 0.4) is 0 Å². The highest BCUT2D eigenvalue weighted by molar-refractivity contribution is 9.10. The lowest BCUT2D eigenvalue weighted by Crippen LogP contribution is -2.39. The Labute approximate surface area is 192 Å². The Bertz CT molecular complexity index is 1090. The number of thiazole rings is 1. The zero-order valence-corrected chi connectivity index (χ0v) is 20.4. The fourth-order valence-corrected chi connectivity index (χ4v) is 6.87. The summed E-state index contributed by atoms with van der Waals surface area (Å²) in [4.78, 5) is 7.41. The van der Waals surface area contributed by atoms with E-state index in [-0.39, 0.29) is 5.25 Å². The molecule has 1 aliphatic heterocycles. The monoisotopic (exact) mass is 554 g/mol. The number of hydrogen-bond acceptors (Lipinski definition) is 5. The van der Waals surface area contributed by atoms with E-state index in [2.05, 4.69) is 54.3 Å². The van der Waals surface area contributed by atoms with Crippen molar-refractivity contribution >= 4 is 58.2 Å². The van der Waals surface area contributed by atoms with Crippen LogP contribution in [0.2, 0.25) is 0 Å². The molecule has 0 spiro atoms. The summed E-state index contributed by atoms with van der Waals surface area (Å²) in [5, 5.41) is 2.75. The van der Waals surface area contributed by atoms with Gasteiger partial charge >= 0.3 is 0 Å². The van der Waals surface area contributed by atoms with E-state index in [1.165, 1.54) is 5.56 Å². The molecule has 29 heavy (non-hydrogen) atoms. The standard InChI is InChI=1S/C21H20Br2N2O2S2/c22-16-4-6-19(7-5-16)29(26,27)20-8-10-25(11-9-20)21-24-18(14-28-21)13-15-2-1-3-17(23)12-15/h1-7,12,14,20H,8-11,13H2. The molecule has 152 valence electrons. The molecule has 2 aromatic carbocycles. The summed E-state index contributed by atoms with van der Waals surface area (Å²) in [5.74, 6) is 0. The maximum Gasteiger partial charge on any atom is 0.185 e. The summed E-state index contributed by atoms with van der Waals surface area (Å²) >= 11 is 8.50. The van der Waals surface area contributed by atoms with E-state index in [1.807, 2.05) is 12.1 Å². The van der Waals surface area contributed by atoms with Gasteiger partial charge in [-0.15, -0.1) is 11.3 Å². The van der Waals surface area contributed by atoms with Crippen LogP contribution in [0.4, 0.5) is 5.13 Å². The van der Waals surface area contributed by atoms with Crippen LogP contribution in [0.1, 0.15) is 24.1 Å². The third-order valence-corrected chi connectivity index (χ3v) is 9.36. The third kappa shape index (κ3) is 4.93. The van der Waals surface area contributed by atoms with Gasteiger partial charge in [-0.25, -0.2) is 13.4 Å². The minimum Gasteiger partial charge on any atom is -0.348 e. The number of anilines is 1. The van der Waals surface area contributed by atoms with Crippen molar-refractivity contribution in [1.82, 2.24) is 4.98 Å². The van der Waals surface area contributed by atoms with Crippen LogP contribution in [-0.2, 0) is 16.3 Å². The van der Waals surface area contributed by atoms with Crippen LogP contribution in [0, 0.1) is 0 Å². The molecule has 1 aliphatic rings. The van der Waals surface area contributed by atoms with Gasteiger partial charge in [-0.3, -0.25) is 0 Å². The van der Waals surface area contributed by atoms with Crippen molar-refractivity contribution in [1.29, 1.82) is 0 Å². The van der Waals surface area contributed by atoms with Crippen molar-refractivity contribution < 1.29 is 8.42 Å².